The number of anilines is 2. The van der Waals surface area contributed by atoms with Crippen LogP contribution in [0.15, 0.2) is 84.3 Å². The number of carbonyl (C=O) groups excluding carboxylic acids is 1. The van der Waals surface area contributed by atoms with Crippen molar-refractivity contribution in [2.45, 2.75) is 19.6 Å². The summed E-state index contributed by atoms with van der Waals surface area (Å²) in [5.74, 6) is 1.27. The largest absolute Gasteiger partial charge is 0.493 e. The van der Waals surface area contributed by atoms with Gasteiger partial charge in [0.05, 0.1) is 24.6 Å². The second-order valence-electron chi connectivity index (χ2n) is 7.89. The summed E-state index contributed by atoms with van der Waals surface area (Å²) in [6.07, 6.45) is 3.23. The highest BCUT2D eigenvalue weighted by atomic mass is 16.5. The minimum absolute atomic E-state index is 0.294. The van der Waals surface area contributed by atoms with Gasteiger partial charge in [0.15, 0.2) is 11.5 Å². The number of fused-ring (bicyclic) bond motifs is 1. The SMILES string of the molecule is COc1cc(C2C(C(=O)Nc3cccnc3)=C(C)Nc3nnnn32)ccc1OCc1ccccc1. The minimum atomic E-state index is -0.588. The van der Waals surface area contributed by atoms with Crippen LogP contribution in [-0.2, 0) is 11.4 Å². The molecule has 0 aliphatic carbocycles. The zero-order valence-corrected chi connectivity index (χ0v) is 19.2. The number of methoxy groups -OCH3 is 1. The van der Waals surface area contributed by atoms with Crippen LogP contribution < -0.4 is 20.1 Å². The van der Waals surface area contributed by atoms with Gasteiger partial charge in [-0.05, 0) is 52.7 Å². The van der Waals surface area contributed by atoms with Crippen molar-refractivity contribution in [3.05, 3.63) is 95.5 Å². The summed E-state index contributed by atoms with van der Waals surface area (Å²) >= 11 is 0. The number of pyridine rings is 1. The number of benzene rings is 2. The molecule has 5 rings (SSSR count). The van der Waals surface area contributed by atoms with E-state index in [4.69, 9.17) is 9.47 Å². The first-order valence-corrected chi connectivity index (χ1v) is 11.0. The van der Waals surface area contributed by atoms with Gasteiger partial charge in [-0.1, -0.05) is 41.5 Å². The molecule has 1 aliphatic rings. The van der Waals surface area contributed by atoms with Gasteiger partial charge in [-0.2, -0.15) is 4.68 Å². The van der Waals surface area contributed by atoms with Crippen molar-refractivity contribution in [3.8, 4) is 11.5 Å². The number of hydrogen-bond acceptors (Lipinski definition) is 8. The zero-order chi connectivity index (χ0) is 24.2. The van der Waals surface area contributed by atoms with E-state index in [9.17, 15) is 4.79 Å². The van der Waals surface area contributed by atoms with Gasteiger partial charge in [-0.15, -0.1) is 0 Å². The maximum Gasteiger partial charge on any atom is 0.255 e. The molecule has 3 heterocycles. The molecule has 10 nitrogen and oxygen atoms in total. The highest BCUT2D eigenvalue weighted by Gasteiger charge is 2.34. The van der Waals surface area contributed by atoms with Gasteiger partial charge in [-0.3, -0.25) is 9.78 Å². The predicted molar refractivity (Wildman–Crippen MR) is 129 cm³/mol. The Morgan fingerprint density at radius 3 is 2.74 bits per heavy atom. The van der Waals surface area contributed by atoms with Crippen molar-refractivity contribution in [2.75, 3.05) is 17.7 Å². The summed E-state index contributed by atoms with van der Waals surface area (Å²) in [5, 5.41) is 18.0. The van der Waals surface area contributed by atoms with Crippen LogP contribution >= 0.6 is 0 Å². The van der Waals surface area contributed by atoms with Crippen molar-refractivity contribution in [3.63, 3.8) is 0 Å². The fraction of sp³-hybridized carbons (Fsp3) is 0.160. The number of allylic oxidation sites excluding steroid dienone is 1. The Balaban J connectivity index is 1.48. The number of nitrogens with one attached hydrogen (secondary N) is 2. The van der Waals surface area contributed by atoms with Gasteiger partial charge in [0.1, 0.15) is 12.6 Å². The number of carbonyl (C=O) groups is 1. The fourth-order valence-corrected chi connectivity index (χ4v) is 3.96. The number of nitrogens with zero attached hydrogens (tertiary/aromatic N) is 5. The number of hydrogen-bond donors (Lipinski definition) is 2. The van der Waals surface area contributed by atoms with Gasteiger partial charge < -0.3 is 20.1 Å². The quantitative estimate of drug-likeness (QED) is 0.422. The van der Waals surface area contributed by atoms with Crippen LogP contribution in [0.25, 0.3) is 0 Å². The highest BCUT2D eigenvalue weighted by Crippen LogP contribution is 2.38. The summed E-state index contributed by atoms with van der Waals surface area (Å²) in [6, 6.07) is 18.4. The van der Waals surface area contributed by atoms with E-state index in [0.29, 0.717) is 41.0 Å². The lowest BCUT2D eigenvalue weighted by Crippen LogP contribution is -2.31. The molecule has 35 heavy (non-hydrogen) atoms. The molecule has 1 amide bonds. The molecule has 0 saturated heterocycles. The first-order chi connectivity index (χ1) is 17.1. The van der Waals surface area contributed by atoms with Crippen LogP contribution in [0.2, 0.25) is 0 Å². The molecule has 10 heteroatoms. The van der Waals surface area contributed by atoms with Crippen LogP contribution in [0.3, 0.4) is 0 Å². The van der Waals surface area contributed by atoms with Gasteiger partial charge in [0, 0.05) is 11.9 Å². The lowest BCUT2D eigenvalue weighted by Gasteiger charge is -2.28. The highest BCUT2D eigenvalue weighted by molar-refractivity contribution is 6.05. The number of aromatic nitrogens is 5. The lowest BCUT2D eigenvalue weighted by molar-refractivity contribution is -0.113. The average Bonchev–Trinajstić information content (AvgIpc) is 3.35. The average molecular weight is 470 g/mol. The van der Waals surface area contributed by atoms with Crippen molar-refractivity contribution >= 4 is 17.5 Å². The summed E-state index contributed by atoms with van der Waals surface area (Å²) in [5.41, 5.74) is 3.50. The first-order valence-electron chi connectivity index (χ1n) is 11.0. The van der Waals surface area contributed by atoms with E-state index in [1.807, 2.05) is 55.5 Å². The molecule has 0 spiro atoms. The van der Waals surface area contributed by atoms with Crippen molar-refractivity contribution in [2.24, 2.45) is 0 Å². The predicted octanol–water partition coefficient (Wildman–Crippen LogP) is 3.58. The molecule has 4 aromatic rings. The van der Waals surface area contributed by atoms with Gasteiger partial charge in [0.25, 0.3) is 5.91 Å². The molecule has 2 aromatic heterocycles. The van der Waals surface area contributed by atoms with Crippen LogP contribution in [-0.4, -0.2) is 38.2 Å². The molecule has 1 atom stereocenters. The summed E-state index contributed by atoms with van der Waals surface area (Å²) in [4.78, 5) is 17.5. The Morgan fingerprint density at radius 2 is 1.97 bits per heavy atom. The molecule has 2 N–H and O–H groups in total. The first kappa shape index (κ1) is 22.1. The number of tetrazole rings is 1. The van der Waals surface area contributed by atoms with Gasteiger partial charge in [-0.25, -0.2) is 0 Å². The molecule has 1 unspecified atom stereocenters. The molecular formula is C25H23N7O3. The lowest BCUT2D eigenvalue weighted by atomic mass is 9.94. The monoisotopic (exact) mass is 469 g/mol. The fourth-order valence-electron chi connectivity index (χ4n) is 3.96. The maximum atomic E-state index is 13.4. The normalized spacial score (nSPS) is 14.6. The van der Waals surface area contributed by atoms with Crippen molar-refractivity contribution in [1.29, 1.82) is 0 Å². The van der Waals surface area contributed by atoms with Crippen molar-refractivity contribution in [1.82, 2.24) is 25.2 Å². The topological polar surface area (TPSA) is 116 Å². The Labute approximate surface area is 201 Å². The standard InChI is InChI=1S/C25H23N7O3/c1-16-22(24(33)28-19-9-6-12-26-14-19)23(32-25(27-16)29-30-31-32)18-10-11-20(21(13-18)34-2)35-15-17-7-4-3-5-8-17/h3-14,23H,15H2,1-2H3,(H,28,33)(H,27,29,31). The Kier molecular flexibility index (Phi) is 6.08. The number of rotatable bonds is 7. The molecule has 0 radical (unpaired) electrons. The van der Waals surface area contributed by atoms with Gasteiger partial charge >= 0.3 is 0 Å². The minimum Gasteiger partial charge on any atom is -0.493 e. The molecule has 2 aromatic carbocycles. The zero-order valence-electron chi connectivity index (χ0n) is 19.2. The second kappa shape index (κ2) is 9.64. The Bertz CT molecular complexity index is 1370. The summed E-state index contributed by atoms with van der Waals surface area (Å²) in [7, 11) is 1.58. The van der Waals surface area contributed by atoms with Crippen LogP contribution in [0.5, 0.6) is 11.5 Å². The molecule has 0 bridgehead atoms. The van der Waals surface area contributed by atoms with E-state index in [0.717, 1.165) is 11.1 Å². The van der Waals surface area contributed by atoms with E-state index in [2.05, 4.69) is 31.1 Å². The van der Waals surface area contributed by atoms with E-state index in [-0.39, 0.29) is 5.91 Å². The van der Waals surface area contributed by atoms with Gasteiger partial charge in [0.2, 0.25) is 5.95 Å². The maximum absolute atomic E-state index is 13.4. The third-order valence-electron chi connectivity index (χ3n) is 5.62. The summed E-state index contributed by atoms with van der Waals surface area (Å²) < 4.78 is 13.2. The smallest absolute Gasteiger partial charge is 0.255 e. The van der Waals surface area contributed by atoms with E-state index in [1.54, 1.807) is 36.3 Å². The number of ether oxygens (including phenoxy) is 2. The van der Waals surface area contributed by atoms with Crippen LogP contribution in [0, 0.1) is 0 Å². The van der Waals surface area contributed by atoms with Crippen LogP contribution in [0.1, 0.15) is 24.1 Å². The third-order valence-corrected chi connectivity index (χ3v) is 5.62. The Hall–Kier alpha value is -4.73. The molecule has 0 saturated carbocycles. The van der Waals surface area contributed by atoms with Crippen molar-refractivity contribution < 1.29 is 14.3 Å². The molecule has 1 aliphatic heterocycles. The number of amides is 1. The summed E-state index contributed by atoms with van der Waals surface area (Å²) in [6.45, 7) is 2.22. The Morgan fingerprint density at radius 1 is 1.11 bits per heavy atom. The van der Waals surface area contributed by atoms with E-state index in [1.165, 1.54) is 0 Å². The van der Waals surface area contributed by atoms with E-state index >= 15 is 0 Å². The molecular weight excluding hydrogens is 446 g/mol. The second-order valence-corrected chi connectivity index (χ2v) is 7.89. The molecule has 0 fully saturated rings. The van der Waals surface area contributed by atoms with E-state index < -0.39 is 6.04 Å². The third kappa shape index (κ3) is 4.54. The molecule has 176 valence electrons. The van der Waals surface area contributed by atoms with Crippen LogP contribution in [0.4, 0.5) is 11.6 Å².